The summed E-state index contributed by atoms with van der Waals surface area (Å²) < 4.78 is 53.3. The van der Waals surface area contributed by atoms with Gasteiger partial charge in [-0.05, 0) is 56.8 Å². The Morgan fingerprint density at radius 2 is 1.78 bits per heavy atom. The highest BCUT2D eigenvalue weighted by Crippen LogP contribution is 2.52. The number of hydrogen-bond donors (Lipinski definition) is 1. The Balaban J connectivity index is 1.44. The fourth-order valence-electron chi connectivity index (χ4n) is 4.80. The summed E-state index contributed by atoms with van der Waals surface area (Å²) in [6.07, 6.45) is -2.69. The lowest BCUT2D eigenvalue weighted by atomic mass is 9.92. The summed E-state index contributed by atoms with van der Waals surface area (Å²) in [5.41, 5.74) is 1.40. The summed E-state index contributed by atoms with van der Waals surface area (Å²) in [5, 5.41) is 3.59. The van der Waals surface area contributed by atoms with E-state index in [0.29, 0.717) is 24.9 Å². The number of nitrogens with one attached hydrogen (secondary N) is 1. The van der Waals surface area contributed by atoms with E-state index in [-0.39, 0.29) is 28.5 Å². The van der Waals surface area contributed by atoms with Crippen molar-refractivity contribution < 1.29 is 27.4 Å². The Kier molecular flexibility index (Phi) is 5.55. The summed E-state index contributed by atoms with van der Waals surface area (Å²) in [5.74, 6) is -1.10. The first kappa shape index (κ1) is 24.5. The zero-order valence-corrected chi connectivity index (χ0v) is 21.0. The highest BCUT2D eigenvalue weighted by Gasteiger charge is 2.53. The van der Waals surface area contributed by atoms with Crippen LogP contribution in [0.15, 0.2) is 36.4 Å². The van der Waals surface area contributed by atoms with E-state index in [9.17, 15) is 13.6 Å². The maximum absolute atomic E-state index is 15.3. The van der Waals surface area contributed by atoms with Crippen LogP contribution in [-0.2, 0) is 22.2 Å². The Morgan fingerprint density at radius 1 is 1.08 bits per heavy atom. The summed E-state index contributed by atoms with van der Waals surface area (Å²) in [4.78, 5) is 15.4. The first-order valence-corrected chi connectivity index (χ1v) is 12.0. The van der Waals surface area contributed by atoms with Gasteiger partial charge < -0.3 is 24.3 Å². The van der Waals surface area contributed by atoms with Crippen LogP contribution in [0.1, 0.15) is 44.9 Å². The number of likely N-dealkylation sites (N-methyl/N-ethyl adjacent to an activating group) is 1. The predicted octanol–water partition coefficient (Wildman–Crippen LogP) is 5.63. The molecule has 3 aromatic rings. The molecule has 192 valence electrons. The monoisotopic (exact) mass is 501 g/mol. The minimum atomic E-state index is -3.73. The van der Waals surface area contributed by atoms with E-state index in [1.54, 1.807) is 12.1 Å². The van der Waals surface area contributed by atoms with E-state index in [2.05, 4.69) is 45.0 Å². The Bertz CT molecular complexity index is 1350. The van der Waals surface area contributed by atoms with Gasteiger partial charge in [-0.2, -0.15) is 0 Å². The Hall–Kier alpha value is -3.20. The van der Waals surface area contributed by atoms with Gasteiger partial charge in [-0.15, -0.1) is 8.78 Å². The molecule has 5 rings (SSSR count). The molecule has 36 heavy (non-hydrogen) atoms. The van der Waals surface area contributed by atoms with Crippen LogP contribution in [0.5, 0.6) is 11.5 Å². The van der Waals surface area contributed by atoms with Gasteiger partial charge in [0, 0.05) is 35.7 Å². The zero-order chi connectivity index (χ0) is 26.0. The number of anilines is 1. The fourth-order valence-corrected chi connectivity index (χ4v) is 4.80. The van der Waals surface area contributed by atoms with Crippen LogP contribution < -0.4 is 14.8 Å². The average molecular weight is 502 g/mol. The van der Waals surface area contributed by atoms with Gasteiger partial charge in [0.05, 0.1) is 16.6 Å². The molecule has 1 aliphatic heterocycles. The van der Waals surface area contributed by atoms with Crippen molar-refractivity contribution in [1.29, 1.82) is 0 Å². The van der Waals surface area contributed by atoms with Gasteiger partial charge in [0.2, 0.25) is 5.91 Å². The molecule has 1 amide bonds. The minimum Gasteiger partial charge on any atom is -0.395 e. The third kappa shape index (κ3) is 4.30. The normalized spacial score (nSPS) is 17.6. The molecule has 2 heterocycles. The van der Waals surface area contributed by atoms with Gasteiger partial charge >= 0.3 is 6.29 Å². The molecule has 1 aliphatic carbocycles. The standard InChI is InChI=1S/C27H30F3N3O3/c1-25(2,3)23-13-16-12-19(18(28)15-20(16)33(23)11-10-32(4)5)31-24(34)26(8-9-26)17-6-7-21-22(14-17)36-27(29,30)35-21/h6-7,12-15H,8-11H2,1-5H3,(H,31,34). The van der Waals surface area contributed by atoms with E-state index in [1.165, 1.54) is 18.2 Å². The van der Waals surface area contributed by atoms with Crippen LogP contribution in [0.4, 0.5) is 18.9 Å². The van der Waals surface area contributed by atoms with E-state index >= 15 is 4.39 Å². The molecule has 0 spiro atoms. The van der Waals surface area contributed by atoms with Crippen LogP contribution in [0, 0.1) is 5.82 Å². The highest BCUT2D eigenvalue weighted by atomic mass is 19.3. The summed E-state index contributed by atoms with van der Waals surface area (Å²) in [6.45, 7) is 7.86. The van der Waals surface area contributed by atoms with Gasteiger partial charge in [-0.25, -0.2) is 4.39 Å². The molecule has 0 radical (unpaired) electrons. The molecule has 1 aromatic heterocycles. The molecule has 6 nitrogen and oxygen atoms in total. The molecular weight excluding hydrogens is 471 g/mol. The second-order valence-corrected chi connectivity index (χ2v) is 11.0. The number of ether oxygens (including phenoxy) is 2. The van der Waals surface area contributed by atoms with Gasteiger partial charge in [0.15, 0.2) is 11.5 Å². The number of amides is 1. The van der Waals surface area contributed by atoms with Crippen LogP contribution in [0.2, 0.25) is 0 Å². The van der Waals surface area contributed by atoms with Gasteiger partial charge in [0.25, 0.3) is 0 Å². The van der Waals surface area contributed by atoms with Crippen molar-refractivity contribution in [3.05, 3.63) is 53.5 Å². The minimum absolute atomic E-state index is 0.0788. The quantitative estimate of drug-likeness (QED) is 0.476. The lowest BCUT2D eigenvalue weighted by Crippen LogP contribution is -2.28. The second kappa shape index (κ2) is 8.16. The van der Waals surface area contributed by atoms with E-state index in [0.717, 1.165) is 23.1 Å². The molecule has 2 aliphatic rings. The maximum Gasteiger partial charge on any atom is 0.586 e. The lowest BCUT2D eigenvalue weighted by Gasteiger charge is -2.23. The zero-order valence-electron chi connectivity index (χ0n) is 21.0. The number of carbonyl (C=O) groups excluding carboxylic acids is 1. The van der Waals surface area contributed by atoms with Gasteiger partial charge in [-0.1, -0.05) is 26.8 Å². The summed E-state index contributed by atoms with van der Waals surface area (Å²) in [6, 6.07) is 9.54. The number of aromatic nitrogens is 1. The van der Waals surface area contributed by atoms with Crippen molar-refractivity contribution in [1.82, 2.24) is 9.47 Å². The first-order chi connectivity index (χ1) is 16.8. The molecule has 0 unspecified atom stereocenters. The van der Waals surface area contributed by atoms with Crippen LogP contribution in [0.25, 0.3) is 10.9 Å². The van der Waals surface area contributed by atoms with E-state index in [4.69, 9.17) is 0 Å². The first-order valence-electron chi connectivity index (χ1n) is 12.0. The Morgan fingerprint density at radius 3 is 2.42 bits per heavy atom. The highest BCUT2D eigenvalue weighted by molar-refractivity contribution is 6.02. The number of hydrogen-bond acceptors (Lipinski definition) is 4. The molecule has 9 heteroatoms. The summed E-state index contributed by atoms with van der Waals surface area (Å²) in [7, 11) is 3.99. The SMILES string of the molecule is CN(C)CCn1c(C(C)(C)C)cc2cc(NC(=O)C3(c4ccc5c(c4)OC(F)(F)O5)CC3)c(F)cc21. The molecule has 1 fully saturated rings. The number of halogens is 3. The molecule has 1 saturated carbocycles. The third-order valence-corrected chi connectivity index (χ3v) is 6.92. The number of alkyl halides is 2. The molecule has 2 aromatic carbocycles. The van der Waals surface area contributed by atoms with Gasteiger partial charge in [0.1, 0.15) is 5.82 Å². The number of carbonyl (C=O) groups is 1. The molecular formula is C27H30F3N3O3. The predicted molar refractivity (Wildman–Crippen MR) is 131 cm³/mol. The smallest absolute Gasteiger partial charge is 0.395 e. The van der Waals surface area contributed by atoms with Crippen molar-refractivity contribution in [2.45, 2.75) is 57.3 Å². The number of nitrogens with zero attached hydrogens (tertiary/aromatic N) is 2. The Labute approximate surface area is 208 Å². The molecule has 0 bridgehead atoms. The summed E-state index contributed by atoms with van der Waals surface area (Å²) >= 11 is 0. The van der Waals surface area contributed by atoms with Crippen LogP contribution in [0.3, 0.4) is 0 Å². The number of benzene rings is 2. The lowest BCUT2D eigenvalue weighted by molar-refractivity contribution is -0.286. The number of fused-ring (bicyclic) bond motifs is 2. The molecule has 1 N–H and O–H groups in total. The maximum atomic E-state index is 15.3. The number of rotatable bonds is 6. The third-order valence-electron chi connectivity index (χ3n) is 6.92. The van der Waals surface area contributed by atoms with Crippen LogP contribution in [-0.4, -0.2) is 42.3 Å². The second-order valence-electron chi connectivity index (χ2n) is 11.0. The topological polar surface area (TPSA) is 55.7 Å². The van der Waals surface area contributed by atoms with Crippen molar-refractivity contribution in [3.63, 3.8) is 0 Å². The largest absolute Gasteiger partial charge is 0.586 e. The molecule has 0 saturated heterocycles. The fraction of sp³-hybridized carbons (Fsp3) is 0.444. The van der Waals surface area contributed by atoms with E-state index in [1.807, 2.05) is 20.2 Å². The van der Waals surface area contributed by atoms with Gasteiger partial charge in [-0.3, -0.25) is 4.79 Å². The van der Waals surface area contributed by atoms with Crippen molar-refractivity contribution in [2.24, 2.45) is 0 Å². The molecule has 0 atom stereocenters. The van der Waals surface area contributed by atoms with Crippen molar-refractivity contribution >= 4 is 22.5 Å². The van der Waals surface area contributed by atoms with Crippen LogP contribution >= 0.6 is 0 Å². The van der Waals surface area contributed by atoms with E-state index < -0.39 is 17.5 Å². The van der Waals surface area contributed by atoms with Crippen molar-refractivity contribution in [3.8, 4) is 11.5 Å². The van der Waals surface area contributed by atoms with Crippen molar-refractivity contribution in [2.75, 3.05) is 26.0 Å². The average Bonchev–Trinajstić information content (AvgIpc) is 3.41.